The van der Waals surface area contributed by atoms with Crippen molar-refractivity contribution in [2.24, 2.45) is 0 Å². The molecule has 0 aromatic heterocycles. The average Bonchev–Trinajstić information content (AvgIpc) is 3.55. The number of nitrogens with zero attached hydrogens (tertiary/aromatic N) is 1. The Bertz CT molecular complexity index is 1030. The Hall–Kier alpha value is -3.34. The number of carbonyl (C=O) groups is 2. The van der Waals surface area contributed by atoms with Gasteiger partial charge in [-0.2, -0.15) is 0 Å². The van der Waals surface area contributed by atoms with E-state index in [1.165, 1.54) is 0 Å². The molecule has 3 aromatic rings. The topological polar surface area (TPSA) is 58.6 Å². The third kappa shape index (κ3) is 4.74. The van der Waals surface area contributed by atoms with Crippen molar-refractivity contribution in [1.82, 2.24) is 10.2 Å². The predicted octanol–water partition coefficient (Wildman–Crippen LogP) is 3.77. The maximum Gasteiger partial charge on any atom is 0.258 e. The maximum absolute atomic E-state index is 13.2. The van der Waals surface area contributed by atoms with Crippen LogP contribution in [0.1, 0.15) is 28.8 Å². The maximum atomic E-state index is 13.2. The molecule has 0 atom stereocenters. The molecule has 0 spiro atoms. The lowest BCUT2D eigenvalue weighted by Gasteiger charge is -2.20. The van der Waals surface area contributed by atoms with E-state index >= 15 is 0 Å². The molecular weight excluding hydrogens is 364 g/mol. The summed E-state index contributed by atoms with van der Waals surface area (Å²) in [6, 6.07) is 21.6. The van der Waals surface area contributed by atoms with Gasteiger partial charge in [0, 0.05) is 19.6 Å². The highest BCUT2D eigenvalue weighted by Gasteiger charge is 2.24. The first-order valence-electron chi connectivity index (χ1n) is 9.84. The quantitative estimate of drug-likeness (QED) is 0.670. The van der Waals surface area contributed by atoms with Crippen molar-refractivity contribution in [2.75, 3.05) is 13.7 Å². The SMILES string of the molecule is CN(Cc1ccccc1)C(=O)c1cc2ccccc2cc1OCC(=O)NC1CC1. The van der Waals surface area contributed by atoms with E-state index < -0.39 is 0 Å². The van der Waals surface area contributed by atoms with Gasteiger partial charge in [0.2, 0.25) is 0 Å². The zero-order chi connectivity index (χ0) is 20.2. The third-order valence-electron chi connectivity index (χ3n) is 4.99. The molecule has 0 unspecified atom stereocenters. The summed E-state index contributed by atoms with van der Waals surface area (Å²) in [5.41, 5.74) is 1.51. The third-order valence-corrected chi connectivity index (χ3v) is 4.99. The fraction of sp³-hybridized carbons (Fsp3) is 0.250. The van der Waals surface area contributed by atoms with Crippen molar-refractivity contribution in [3.63, 3.8) is 0 Å². The second kappa shape index (κ2) is 8.35. The van der Waals surface area contributed by atoms with Gasteiger partial charge in [-0.05, 0) is 41.3 Å². The van der Waals surface area contributed by atoms with Gasteiger partial charge in [0.15, 0.2) is 6.61 Å². The molecule has 29 heavy (non-hydrogen) atoms. The molecule has 0 heterocycles. The molecule has 0 bridgehead atoms. The molecule has 148 valence electrons. The summed E-state index contributed by atoms with van der Waals surface area (Å²) < 4.78 is 5.80. The van der Waals surface area contributed by atoms with Crippen molar-refractivity contribution >= 4 is 22.6 Å². The molecule has 0 saturated heterocycles. The standard InChI is InChI=1S/C24H24N2O3/c1-26(15-17-7-3-2-4-8-17)24(28)21-13-18-9-5-6-10-19(18)14-22(21)29-16-23(27)25-20-11-12-20/h2-10,13-14,20H,11-12,15-16H2,1H3,(H,25,27). The smallest absolute Gasteiger partial charge is 0.258 e. The molecule has 5 nitrogen and oxygen atoms in total. The second-order valence-electron chi connectivity index (χ2n) is 7.47. The highest BCUT2D eigenvalue weighted by Crippen LogP contribution is 2.28. The van der Waals surface area contributed by atoms with Gasteiger partial charge in [-0.15, -0.1) is 0 Å². The highest BCUT2D eigenvalue weighted by molar-refractivity contribution is 6.01. The fourth-order valence-electron chi connectivity index (χ4n) is 3.28. The lowest BCUT2D eigenvalue weighted by atomic mass is 10.0. The fourth-order valence-corrected chi connectivity index (χ4v) is 3.28. The summed E-state index contributed by atoms with van der Waals surface area (Å²) >= 11 is 0. The number of hydrogen-bond donors (Lipinski definition) is 1. The van der Waals surface area contributed by atoms with E-state index in [0.717, 1.165) is 29.2 Å². The Morgan fingerprint density at radius 3 is 2.34 bits per heavy atom. The molecule has 1 fully saturated rings. The van der Waals surface area contributed by atoms with E-state index in [9.17, 15) is 9.59 Å². The van der Waals surface area contributed by atoms with E-state index in [0.29, 0.717) is 17.9 Å². The Morgan fingerprint density at radius 2 is 1.66 bits per heavy atom. The highest BCUT2D eigenvalue weighted by atomic mass is 16.5. The number of ether oxygens (including phenoxy) is 1. The zero-order valence-electron chi connectivity index (χ0n) is 16.4. The average molecular weight is 388 g/mol. The number of carbonyl (C=O) groups excluding carboxylic acids is 2. The molecule has 4 rings (SSSR count). The van der Waals surface area contributed by atoms with Gasteiger partial charge in [-0.1, -0.05) is 54.6 Å². The number of nitrogens with one attached hydrogen (secondary N) is 1. The van der Waals surface area contributed by atoms with Crippen molar-refractivity contribution in [1.29, 1.82) is 0 Å². The number of hydrogen-bond acceptors (Lipinski definition) is 3. The number of benzene rings is 3. The molecule has 0 radical (unpaired) electrons. The van der Waals surface area contributed by atoms with E-state index in [-0.39, 0.29) is 24.5 Å². The van der Waals surface area contributed by atoms with Gasteiger partial charge in [0.25, 0.3) is 11.8 Å². The second-order valence-corrected chi connectivity index (χ2v) is 7.47. The van der Waals surface area contributed by atoms with Crippen LogP contribution in [0.25, 0.3) is 10.8 Å². The van der Waals surface area contributed by atoms with Crippen molar-refractivity contribution in [2.45, 2.75) is 25.4 Å². The van der Waals surface area contributed by atoms with Crippen LogP contribution in [-0.2, 0) is 11.3 Å². The van der Waals surface area contributed by atoms with Crippen LogP contribution < -0.4 is 10.1 Å². The lowest BCUT2D eigenvalue weighted by molar-refractivity contribution is -0.123. The van der Waals surface area contributed by atoms with Gasteiger partial charge in [0.05, 0.1) is 5.56 Å². The molecule has 1 aliphatic carbocycles. The number of amides is 2. The molecule has 0 aliphatic heterocycles. The Balaban J connectivity index is 1.57. The minimum atomic E-state index is -0.156. The summed E-state index contributed by atoms with van der Waals surface area (Å²) in [5, 5.41) is 4.83. The van der Waals surface area contributed by atoms with Crippen LogP contribution in [-0.4, -0.2) is 36.4 Å². The van der Waals surface area contributed by atoms with Crippen LogP contribution in [0.15, 0.2) is 66.7 Å². The van der Waals surface area contributed by atoms with E-state index in [1.807, 2.05) is 66.7 Å². The molecule has 1 saturated carbocycles. The molecule has 1 N–H and O–H groups in total. The number of fused-ring (bicyclic) bond motifs is 1. The van der Waals surface area contributed by atoms with Crippen molar-refractivity contribution in [3.8, 4) is 5.75 Å². The van der Waals surface area contributed by atoms with Crippen molar-refractivity contribution in [3.05, 3.63) is 77.9 Å². The summed E-state index contributed by atoms with van der Waals surface area (Å²) in [6.07, 6.45) is 2.05. The predicted molar refractivity (Wildman–Crippen MR) is 113 cm³/mol. The van der Waals surface area contributed by atoms with Gasteiger partial charge >= 0.3 is 0 Å². The summed E-state index contributed by atoms with van der Waals surface area (Å²) in [6.45, 7) is 0.394. The minimum Gasteiger partial charge on any atom is -0.483 e. The summed E-state index contributed by atoms with van der Waals surface area (Å²) in [4.78, 5) is 26.9. The largest absolute Gasteiger partial charge is 0.483 e. The molecular formula is C24H24N2O3. The first-order valence-corrected chi connectivity index (χ1v) is 9.84. The summed E-state index contributed by atoms with van der Waals surface area (Å²) in [7, 11) is 1.77. The van der Waals surface area contributed by atoms with Crippen LogP contribution >= 0.6 is 0 Å². The van der Waals surface area contributed by atoms with E-state index in [2.05, 4.69) is 5.32 Å². The Kier molecular flexibility index (Phi) is 5.47. The Morgan fingerprint density at radius 1 is 1.00 bits per heavy atom. The van der Waals surface area contributed by atoms with E-state index in [1.54, 1.807) is 11.9 Å². The monoisotopic (exact) mass is 388 g/mol. The Labute approximate surface area is 170 Å². The minimum absolute atomic E-state index is 0.0997. The molecule has 3 aromatic carbocycles. The van der Waals surface area contributed by atoms with Crippen molar-refractivity contribution < 1.29 is 14.3 Å². The molecule has 1 aliphatic rings. The zero-order valence-corrected chi connectivity index (χ0v) is 16.4. The van der Waals surface area contributed by atoms with Crippen LogP contribution in [0, 0.1) is 0 Å². The van der Waals surface area contributed by atoms with Crippen LogP contribution in [0.3, 0.4) is 0 Å². The number of rotatable bonds is 7. The normalized spacial score (nSPS) is 13.1. The molecule has 2 amide bonds. The van der Waals surface area contributed by atoms with Crippen LogP contribution in [0.5, 0.6) is 5.75 Å². The summed E-state index contributed by atoms with van der Waals surface area (Å²) in [5.74, 6) is 0.133. The van der Waals surface area contributed by atoms with Crippen LogP contribution in [0.2, 0.25) is 0 Å². The van der Waals surface area contributed by atoms with E-state index in [4.69, 9.17) is 4.74 Å². The first kappa shape index (κ1) is 19.0. The lowest BCUT2D eigenvalue weighted by Crippen LogP contribution is -2.31. The van der Waals surface area contributed by atoms with Gasteiger partial charge in [-0.3, -0.25) is 9.59 Å². The molecule has 5 heteroatoms. The first-order chi connectivity index (χ1) is 14.1. The van der Waals surface area contributed by atoms with Gasteiger partial charge in [-0.25, -0.2) is 0 Å². The van der Waals surface area contributed by atoms with Gasteiger partial charge < -0.3 is 15.0 Å². The van der Waals surface area contributed by atoms with Crippen LogP contribution in [0.4, 0.5) is 0 Å². The van der Waals surface area contributed by atoms with Gasteiger partial charge in [0.1, 0.15) is 5.75 Å².